The van der Waals surface area contributed by atoms with Crippen molar-refractivity contribution in [3.8, 4) is 0 Å². The average molecular weight is 413 g/mol. The minimum atomic E-state index is -3.99. The Balaban J connectivity index is 0. The van der Waals surface area contributed by atoms with Gasteiger partial charge in [-0.2, -0.15) is 0 Å². The molecule has 5 heteroatoms. The van der Waals surface area contributed by atoms with Crippen molar-refractivity contribution in [2.45, 2.75) is 96.8 Å². The molecule has 0 aromatic carbocycles. The van der Waals surface area contributed by atoms with Crippen LogP contribution in [-0.2, 0) is 32.5 Å². The topological polar surface area (TPSA) is 57.2 Å². The zero-order chi connectivity index (χ0) is 15.1. The summed E-state index contributed by atoms with van der Waals surface area (Å²) >= 11 is 0. The molecule has 0 saturated heterocycles. The fraction of sp³-hybridized carbons (Fsp3) is 1.00. The molecule has 0 radical (unpaired) electrons. The van der Waals surface area contributed by atoms with E-state index in [0.717, 1.165) is 12.8 Å². The molecule has 0 aliphatic rings. The summed E-state index contributed by atoms with van der Waals surface area (Å²) in [5, 5.41) is 0. The van der Waals surface area contributed by atoms with Crippen LogP contribution >= 0.6 is 0 Å². The van der Waals surface area contributed by atoms with Crippen molar-refractivity contribution in [3.05, 3.63) is 0 Å². The smallest absolute Gasteiger partial charge is 0.748 e. The summed E-state index contributed by atoms with van der Waals surface area (Å²) in [6, 6.07) is 0. The van der Waals surface area contributed by atoms with Gasteiger partial charge in [-0.3, -0.25) is 0 Å². The van der Waals surface area contributed by atoms with E-state index in [-0.39, 0.29) is 28.1 Å². The second kappa shape index (κ2) is 17.0. The second-order valence-corrected chi connectivity index (χ2v) is 7.38. The maximum atomic E-state index is 10.4. The van der Waals surface area contributed by atoms with Gasteiger partial charge in [-0.25, -0.2) is 8.42 Å². The number of hydrogen-bond acceptors (Lipinski definition) is 3. The molecule has 0 N–H and O–H groups in total. The van der Waals surface area contributed by atoms with E-state index in [2.05, 4.69) is 6.92 Å². The first-order valence-electron chi connectivity index (χ1n) is 8.50. The van der Waals surface area contributed by atoms with Crippen molar-refractivity contribution in [1.82, 2.24) is 0 Å². The number of rotatable bonds is 15. The Kier molecular flexibility index (Phi) is 19.4. The summed E-state index contributed by atoms with van der Waals surface area (Å²) in [6.45, 7) is 2.25. The van der Waals surface area contributed by atoms with Gasteiger partial charge in [-0.1, -0.05) is 90.4 Å². The first kappa shape index (κ1) is 23.9. The molecule has 0 aromatic rings. The van der Waals surface area contributed by atoms with Gasteiger partial charge in [0, 0.05) is 5.75 Å². The Morgan fingerprint density at radius 1 is 0.619 bits per heavy atom. The van der Waals surface area contributed by atoms with Crippen LogP contribution in [0, 0.1) is 0 Å². The molecule has 0 aromatic heterocycles. The van der Waals surface area contributed by atoms with Crippen LogP contribution in [0.2, 0.25) is 0 Å². The van der Waals surface area contributed by atoms with Gasteiger partial charge in [0.2, 0.25) is 0 Å². The molecular weight excluding hydrogens is 380 g/mol. The van der Waals surface area contributed by atoms with Crippen molar-refractivity contribution in [1.29, 1.82) is 0 Å². The van der Waals surface area contributed by atoms with Crippen molar-refractivity contribution < 1.29 is 35.4 Å². The van der Waals surface area contributed by atoms with Gasteiger partial charge in [0.15, 0.2) is 0 Å². The minimum absolute atomic E-state index is 0. The normalized spacial score (nSPS) is 11.3. The average Bonchev–Trinajstić information content (AvgIpc) is 2.38. The van der Waals surface area contributed by atoms with Crippen LogP contribution in [0.15, 0.2) is 0 Å². The maximum absolute atomic E-state index is 10.4. The molecule has 0 aliphatic heterocycles. The SMILES string of the molecule is CCCCCCCCCCCCCCCCS(=O)(=O)[O-].[Ag+]. The van der Waals surface area contributed by atoms with Gasteiger partial charge in [0.05, 0.1) is 10.1 Å². The van der Waals surface area contributed by atoms with Crippen LogP contribution in [0.3, 0.4) is 0 Å². The van der Waals surface area contributed by atoms with Crippen molar-refractivity contribution in [3.63, 3.8) is 0 Å². The Bertz CT molecular complexity index is 292. The summed E-state index contributed by atoms with van der Waals surface area (Å²) in [7, 11) is -3.99. The Hall–Kier alpha value is 0.650. The van der Waals surface area contributed by atoms with Crippen molar-refractivity contribution in [2.75, 3.05) is 5.75 Å². The van der Waals surface area contributed by atoms with E-state index >= 15 is 0 Å². The Labute approximate surface area is 147 Å². The Morgan fingerprint density at radius 3 is 1.19 bits per heavy atom. The van der Waals surface area contributed by atoms with E-state index in [1.807, 2.05) is 0 Å². The third-order valence-corrected chi connectivity index (χ3v) is 4.54. The molecule has 0 atom stereocenters. The molecule has 0 fully saturated rings. The summed E-state index contributed by atoms with van der Waals surface area (Å²) < 4.78 is 31.2. The molecule has 3 nitrogen and oxygen atoms in total. The van der Waals surface area contributed by atoms with Crippen LogP contribution in [-0.4, -0.2) is 18.7 Å². The van der Waals surface area contributed by atoms with E-state index in [4.69, 9.17) is 0 Å². The molecule has 0 spiro atoms. The molecule has 132 valence electrons. The predicted octanol–water partition coefficient (Wildman–Crippen LogP) is 5.01. The van der Waals surface area contributed by atoms with Gasteiger partial charge in [-0.15, -0.1) is 0 Å². The molecule has 0 bridgehead atoms. The maximum Gasteiger partial charge on any atom is 1.00 e. The molecule has 0 heterocycles. The Morgan fingerprint density at radius 2 is 0.905 bits per heavy atom. The summed E-state index contributed by atoms with van der Waals surface area (Å²) in [6.07, 6.45) is 17.2. The number of unbranched alkanes of at least 4 members (excludes halogenated alkanes) is 13. The minimum Gasteiger partial charge on any atom is -0.748 e. The quantitative estimate of drug-likeness (QED) is 0.215. The molecule has 0 aliphatic carbocycles. The second-order valence-electron chi connectivity index (χ2n) is 5.86. The third-order valence-electron chi connectivity index (χ3n) is 3.75. The predicted molar refractivity (Wildman–Crippen MR) is 84.9 cm³/mol. The van der Waals surface area contributed by atoms with Gasteiger partial charge in [0.1, 0.15) is 0 Å². The first-order chi connectivity index (χ1) is 9.56. The summed E-state index contributed by atoms with van der Waals surface area (Å²) in [5.74, 6) is -0.189. The van der Waals surface area contributed by atoms with Gasteiger partial charge in [0.25, 0.3) is 0 Å². The fourth-order valence-corrected chi connectivity index (χ4v) is 3.03. The molecule has 21 heavy (non-hydrogen) atoms. The molecule has 0 saturated carbocycles. The van der Waals surface area contributed by atoms with Crippen LogP contribution in [0.25, 0.3) is 0 Å². The van der Waals surface area contributed by atoms with Crippen LogP contribution < -0.4 is 0 Å². The molecule has 0 unspecified atom stereocenters. The monoisotopic (exact) mass is 412 g/mol. The molecule has 0 rings (SSSR count). The zero-order valence-corrected chi connectivity index (χ0v) is 15.8. The van der Waals surface area contributed by atoms with Crippen molar-refractivity contribution >= 4 is 10.1 Å². The first-order valence-corrected chi connectivity index (χ1v) is 10.1. The van der Waals surface area contributed by atoms with Gasteiger partial charge in [-0.05, 0) is 6.42 Å². The van der Waals surface area contributed by atoms with E-state index in [0.29, 0.717) is 6.42 Å². The van der Waals surface area contributed by atoms with Crippen LogP contribution in [0.1, 0.15) is 96.8 Å². The van der Waals surface area contributed by atoms with E-state index in [1.165, 1.54) is 70.6 Å². The van der Waals surface area contributed by atoms with E-state index in [1.54, 1.807) is 0 Å². The number of hydrogen-bond donors (Lipinski definition) is 0. The fourth-order valence-electron chi connectivity index (χ4n) is 2.47. The third kappa shape index (κ3) is 23.1. The molecule has 0 amide bonds. The van der Waals surface area contributed by atoms with E-state index in [9.17, 15) is 13.0 Å². The summed E-state index contributed by atoms with van der Waals surface area (Å²) in [4.78, 5) is 0. The van der Waals surface area contributed by atoms with Crippen molar-refractivity contribution in [2.24, 2.45) is 0 Å². The summed E-state index contributed by atoms with van der Waals surface area (Å²) in [5.41, 5.74) is 0. The van der Waals surface area contributed by atoms with E-state index < -0.39 is 10.1 Å². The van der Waals surface area contributed by atoms with Gasteiger partial charge < -0.3 is 4.55 Å². The molecular formula is C16H33AgO3S. The standard InChI is InChI=1S/C16H34O3S.Ag/c1-2-3-4-5-6-7-8-9-10-11-12-13-14-15-16-20(17,18)19;/h2-16H2,1H3,(H,17,18,19);/q;+1/p-1. The largest absolute Gasteiger partial charge is 1.00 e. The van der Waals surface area contributed by atoms with Gasteiger partial charge >= 0.3 is 22.4 Å². The van der Waals surface area contributed by atoms with Crippen LogP contribution in [0.4, 0.5) is 0 Å². The zero-order valence-electron chi connectivity index (χ0n) is 13.5. The van der Waals surface area contributed by atoms with Crippen LogP contribution in [0.5, 0.6) is 0 Å².